The molecule has 136 valence electrons. The van der Waals surface area contributed by atoms with Gasteiger partial charge in [0.15, 0.2) is 0 Å². The van der Waals surface area contributed by atoms with E-state index in [0.717, 1.165) is 0 Å². The molecule has 2 aromatic rings. The van der Waals surface area contributed by atoms with Crippen molar-refractivity contribution in [1.82, 2.24) is 5.32 Å². The summed E-state index contributed by atoms with van der Waals surface area (Å²) in [5.74, 6) is -2.87. The van der Waals surface area contributed by atoms with Crippen molar-refractivity contribution in [3.63, 3.8) is 0 Å². The smallest absolute Gasteiger partial charge is 0.326 e. The van der Waals surface area contributed by atoms with E-state index >= 15 is 0 Å². The van der Waals surface area contributed by atoms with Gasteiger partial charge in [-0.2, -0.15) is 0 Å². The second-order valence-electron chi connectivity index (χ2n) is 6.15. The fraction of sp³-hybridized carbons (Fsp3) is 0.250. The van der Waals surface area contributed by atoms with E-state index in [-0.39, 0.29) is 12.8 Å². The lowest BCUT2D eigenvalue weighted by molar-refractivity contribution is -0.143. The molecule has 0 radical (unpaired) electrons. The molecular weight excluding hydrogens is 334 g/mol. The highest BCUT2D eigenvalue weighted by molar-refractivity contribution is 5.94. The van der Waals surface area contributed by atoms with Crippen molar-refractivity contribution < 1.29 is 24.6 Å². The van der Waals surface area contributed by atoms with Gasteiger partial charge in [0.1, 0.15) is 6.04 Å². The average Bonchev–Trinajstić information content (AvgIpc) is 2.65. The first-order valence-corrected chi connectivity index (χ1v) is 8.22. The van der Waals surface area contributed by atoms with Gasteiger partial charge in [-0.3, -0.25) is 9.59 Å². The number of benzene rings is 2. The van der Waals surface area contributed by atoms with Gasteiger partial charge >= 0.3 is 11.9 Å². The largest absolute Gasteiger partial charge is 0.481 e. The Hall–Kier alpha value is -3.15. The highest BCUT2D eigenvalue weighted by atomic mass is 16.4. The van der Waals surface area contributed by atoms with E-state index in [4.69, 9.17) is 5.11 Å². The quantitative estimate of drug-likeness (QED) is 0.675. The van der Waals surface area contributed by atoms with Crippen LogP contribution in [0.4, 0.5) is 0 Å². The first-order chi connectivity index (χ1) is 12.4. The number of hydrogen-bond donors (Lipinski definition) is 3. The first-order valence-electron chi connectivity index (χ1n) is 8.22. The number of carbonyl (C=O) groups is 3. The van der Waals surface area contributed by atoms with Crippen molar-refractivity contribution in [1.29, 1.82) is 0 Å². The van der Waals surface area contributed by atoms with Crippen LogP contribution in [-0.4, -0.2) is 34.1 Å². The van der Waals surface area contributed by atoms with Gasteiger partial charge in [0.05, 0.1) is 5.41 Å². The van der Waals surface area contributed by atoms with E-state index in [0.29, 0.717) is 11.1 Å². The van der Waals surface area contributed by atoms with Gasteiger partial charge in [0.25, 0.3) is 0 Å². The zero-order valence-corrected chi connectivity index (χ0v) is 14.4. The summed E-state index contributed by atoms with van der Waals surface area (Å²) in [5, 5.41) is 20.6. The number of carboxylic acids is 2. The van der Waals surface area contributed by atoms with Gasteiger partial charge < -0.3 is 15.5 Å². The van der Waals surface area contributed by atoms with Crippen LogP contribution in [0.3, 0.4) is 0 Å². The number of nitrogens with one attached hydrogen (secondary N) is 1. The van der Waals surface area contributed by atoms with Gasteiger partial charge in [0.2, 0.25) is 5.91 Å². The molecule has 0 heterocycles. The molecular formula is C20H21NO5. The summed E-state index contributed by atoms with van der Waals surface area (Å²) in [6.07, 6.45) is -0.527. The number of rotatable bonds is 8. The molecule has 6 nitrogen and oxygen atoms in total. The van der Waals surface area contributed by atoms with E-state index in [1.807, 2.05) is 36.4 Å². The van der Waals surface area contributed by atoms with E-state index in [9.17, 15) is 19.5 Å². The maximum Gasteiger partial charge on any atom is 0.326 e. The molecule has 0 bridgehead atoms. The van der Waals surface area contributed by atoms with Crippen LogP contribution in [0, 0.1) is 0 Å². The summed E-state index contributed by atoms with van der Waals surface area (Å²) in [5.41, 5.74) is 0.316. The van der Waals surface area contributed by atoms with Gasteiger partial charge in [-0.15, -0.1) is 0 Å². The number of carbonyl (C=O) groups excluding carboxylic acids is 1. The van der Waals surface area contributed by atoms with Crippen LogP contribution in [-0.2, 0) is 19.8 Å². The first kappa shape index (κ1) is 19.2. The van der Waals surface area contributed by atoms with E-state index < -0.39 is 29.3 Å². The Morgan fingerprint density at radius 3 is 1.77 bits per heavy atom. The van der Waals surface area contributed by atoms with Crippen LogP contribution in [0.1, 0.15) is 30.9 Å². The zero-order chi connectivity index (χ0) is 19.2. The molecule has 6 heteroatoms. The highest BCUT2D eigenvalue weighted by Crippen LogP contribution is 2.32. The van der Waals surface area contributed by atoms with Crippen LogP contribution in [0.5, 0.6) is 0 Å². The number of amides is 1. The van der Waals surface area contributed by atoms with Gasteiger partial charge in [-0.1, -0.05) is 60.7 Å². The van der Waals surface area contributed by atoms with Gasteiger partial charge in [0, 0.05) is 6.42 Å². The average molecular weight is 355 g/mol. The molecule has 0 aromatic heterocycles. The van der Waals surface area contributed by atoms with Crippen LogP contribution in [0.2, 0.25) is 0 Å². The molecule has 0 spiro atoms. The summed E-state index contributed by atoms with van der Waals surface area (Å²) in [6.45, 7) is 1.73. The minimum absolute atomic E-state index is 0.184. The minimum atomic E-state index is -1.27. The molecule has 2 aromatic carbocycles. The van der Waals surface area contributed by atoms with Crippen molar-refractivity contribution in [2.24, 2.45) is 0 Å². The van der Waals surface area contributed by atoms with Crippen LogP contribution >= 0.6 is 0 Å². The predicted octanol–water partition coefficient (Wildman–Crippen LogP) is 2.43. The minimum Gasteiger partial charge on any atom is -0.481 e. The lowest BCUT2D eigenvalue weighted by Crippen LogP contribution is -2.50. The number of carboxylic acid groups (broad SMARTS) is 2. The second kappa shape index (κ2) is 8.29. The van der Waals surface area contributed by atoms with Crippen LogP contribution in [0.25, 0.3) is 0 Å². The molecule has 26 heavy (non-hydrogen) atoms. The van der Waals surface area contributed by atoms with Gasteiger partial charge in [-0.05, 0) is 24.5 Å². The third-order valence-corrected chi connectivity index (χ3v) is 4.41. The molecule has 2 rings (SSSR count). The molecule has 1 amide bonds. The van der Waals surface area contributed by atoms with Crippen molar-refractivity contribution in [2.45, 2.75) is 31.2 Å². The number of aliphatic carboxylic acids is 2. The normalized spacial score (nSPS) is 12.2. The standard InChI is InChI=1S/C20H21NO5/c1-20(14-8-4-2-5-9-14,15-10-6-3-7-11-15)19(26)21-16(18(24)25)12-13-17(22)23/h2-11,16H,12-13H2,1H3,(H,21,26)(H,22,23)(H,24,25)/t16-/m1/s1. The Kier molecular flexibility index (Phi) is 6.11. The molecule has 0 saturated heterocycles. The maximum absolute atomic E-state index is 13.1. The molecule has 0 unspecified atom stereocenters. The van der Waals surface area contributed by atoms with Crippen LogP contribution in [0.15, 0.2) is 60.7 Å². The topological polar surface area (TPSA) is 104 Å². The molecule has 1 atom stereocenters. The Bertz CT molecular complexity index is 734. The van der Waals surface area contributed by atoms with Crippen molar-refractivity contribution in [2.75, 3.05) is 0 Å². The molecule has 0 fully saturated rings. The monoisotopic (exact) mass is 355 g/mol. The van der Waals surface area contributed by atoms with Crippen molar-refractivity contribution in [3.05, 3.63) is 71.8 Å². The van der Waals surface area contributed by atoms with E-state index in [1.54, 1.807) is 31.2 Å². The summed E-state index contributed by atoms with van der Waals surface area (Å²) in [7, 11) is 0. The van der Waals surface area contributed by atoms with Gasteiger partial charge in [-0.25, -0.2) is 4.79 Å². The third-order valence-electron chi connectivity index (χ3n) is 4.41. The van der Waals surface area contributed by atoms with Crippen LogP contribution < -0.4 is 5.32 Å². The SMILES string of the molecule is CC(C(=O)N[C@H](CCC(=O)O)C(=O)O)(c1ccccc1)c1ccccc1. The van der Waals surface area contributed by atoms with Crippen molar-refractivity contribution in [3.8, 4) is 0 Å². The Balaban J connectivity index is 2.38. The predicted molar refractivity (Wildman–Crippen MR) is 95.8 cm³/mol. The van der Waals surface area contributed by atoms with Crippen molar-refractivity contribution >= 4 is 17.8 Å². The molecule has 0 aliphatic heterocycles. The molecule has 0 aliphatic rings. The molecule has 0 aliphatic carbocycles. The summed E-state index contributed by atoms with van der Waals surface area (Å²) in [6, 6.07) is 16.8. The fourth-order valence-electron chi connectivity index (χ4n) is 2.80. The Labute approximate surface area is 151 Å². The summed E-state index contributed by atoms with van der Waals surface area (Å²) in [4.78, 5) is 35.3. The highest BCUT2D eigenvalue weighted by Gasteiger charge is 2.38. The third kappa shape index (κ3) is 4.27. The second-order valence-corrected chi connectivity index (χ2v) is 6.15. The zero-order valence-electron chi connectivity index (χ0n) is 14.4. The molecule has 0 saturated carbocycles. The number of hydrogen-bond acceptors (Lipinski definition) is 3. The fourth-order valence-corrected chi connectivity index (χ4v) is 2.80. The Morgan fingerprint density at radius 1 is 0.923 bits per heavy atom. The Morgan fingerprint density at radius 2 is 1.38 bits per heavy atom. The molecule has 3 N–H and O–H groups in total. The maximum atomic E-state index is 13.1. The summed E-state index contributed by atoms with van der Waals surface area (Å²) >= 11 is 0. The van der Waals surface area contributed by atoms with E-state index in [1.165, 1.54) is 0 Å². The lowest BCUT2D eigenvalue weighted by atomic mass is 9.75. The summed E-state index contributed by atoms with van der Waals surface area (Å²) < 4.78 is 0. The lowest BCUT2D eigenvalue weighted by Gasteiger charge is -2.31. The van der Waals surface area contributed by atoms with E-state index in [2.05, 4.69) is 5.32 Å².